The van der Waals surface area contributed by atoms with Crippen LogP contribution in [0.1, 0.15) is 15.9 Å². The number of methoxy groups -OCH3 is 2. The third kappa shape index (κ3) is 3.81. The predicted octanol–water partition coefficient (Wildman–Crippen LogP) is 3.00. The van der Waals surface area contributed by atoms with Crippen LogP contribution in [-0.2, 0) is 0 Å². The third-order valence-corrected chi connectivity index (χ3v) is 3.51. The first-order valence-electron chi connectivity index (χ1n) is 7.36. The first kappa shape index (κ1) is 17.3. The van der Waals surface area contributed by atoms with Crippen molar-refractivity contribution < 1.29 is 14.3 Å². The van der Waals surface area contributed by atoms with Gasteiger partial charge in [0.05, 0.1) is 25.5 Å². The summed E-state index contributed by atoms with van der Waals surface area (Å²) in [6.45, 7) is 0. The Labute approximate surface area is 140 Å². The lowest BCUT2D eigenvalue weighted by atomic mass is 10.1. The minimum absolute atomic E-state index is 0.0995. The molecule has 5 heteroatoms. The molecule has 2 aromatic rings. The van der Waals surface area contributed by atoms with Gasteiger partial charge in [-0.2, -0.15) is 0 Å². The molecule has 2 aromatic carbocycles. The largest absolute Gasteiger partial charge is 0.497 e. The molecule has 2 rings (SSSR count). The summed E-state index contributed by atoms with van der Waals surface area (Å²) < 4.78 is 10.4. The molecule has 0 amide bonds. The molecule has 0 aliphatic carbocycles. The second kappa shape index (κ2) is 7.97. The van der Waals surface area contributed by atoms with Crippen molar-refractivity contribution in [3.05, 3.63) is 69.9 Å². The van der Waals surface area contributed by atoms with Crippen molar-refractivity contribution in [2.24, 2.45) is 0 Å². The number of ether oxygens (including phenoxy) is 2. The van der Waals surface area contributed by atoms with E-state index in [0.29, 0.717) is 22.7 Å². The quantitative estimate of drug-likeness (QED) is 0.653. The van der Waals surface area contributed by atoms with E-state index < -0.39 is 0 Å². The van der Waals surface area contributed by atoms with Gasteiger partial charge >= 0.3 is 0 Å². The minimum Gasteiger partial charge on any atom is -0.497 e. The monoisotopic (exact) mass is 325 g/mol. The van der Waals surface area contributed by atoms with E-state index in [0.717, 1.165) is 0 Å². The van der Waals surface area contributed by atoms with Gasteiger partial charge in [-0.3, -0.25) is 9.59 Å². The summed E-state index contributed by atoms with van der Waals surface area (Å²) in [5.74, 6) is 0.880. The summed E-state index contributed by atoms with van der Waals surface area (Å²) in [6.07, 6.45) is 2.96. The average molecular weight is 325 g/mol. The number of hydrogen-bond acceptors (Lipinski definition) is 5. The van der Waals surface area contributed by atoms with E-state index in [2.05, 4.69) is 5.32 Å². The molecule has 0 unspecified atom stereocenters. The highest BCUT2D eigenvalue weighted by molar-refractivity contribution is 6.07. The second-order valence-electron chi connectivity index (χ2n) is 4.93. The van der Waals surface area contributed by atoms with Crippen molar-refractivity contribution in [2.45, 2.75) is 0 Å². The van der Waals surface area contributed by atoms with Crippen LogP contribution in [0.2, 0.25) is 0 Å². The topological polar surface area (TPSA) is 64.6 Å². The maximum Gasteiger partial charge on any atom is 0.212 e. The van der Waals surface area contributed by atoms with Crippen molar-refractivity contribution in [3.63, 3.8) is 0 Å². The van der Waals surface area contributed by atoms with Crippen molar-refractivity contribution >= 4 is 17.5 Å². The molecule has 5 nitrogen and oxygen atoms in total. The summed E-state index contributed by atoms with van der Waals surface area (Å²) in [5, 5.41) is 2.79. The number of anilines is 1. The number of benzene rings is 1. The molecule has 0 saturated carbocycles. The molecule has 124 valence electrons. The lowest BCUT2D eigenvalue weighted by molar-refractivity contribution is 0.104. The summed E-state index contributed by atoms with van der Waals surface area (Å²) >= 11 is 0. The van der Waals surface area contributed by atoms with Crippen LogP contribution in [-0.4, -0.2) is 27.1 Å². The first-order valence-corrected chi connectivity index (χ1v) is 7.36. The Bertz CT molecular complexity index is 828. The summed E-state index contributed by atoms with van der Waals surface area (Å²) in [5.41, 5.74) is 0.819. The minimum atomic E-state index is -0.377. The number of rotatable bonds is 6. The normalized spacial score (nSPS) is 10.5. The molecule has 0 heterocycles. The maximum atomic E-state index is 12.4. The van der Waals surface area contributed by atoms with Crippen molar-refractivity contribution in [1.29, 1.82) is 0 Å². The summed E-state index contributed by atoms with van der Waals surface area (Å²) in [6, 6.07) is 11.8. The fraction of sp³-hybridized carbons (Fsp3) is 0.158. The average Bonchev–Trinajstić information content (AvgIpc) is 2.80. The van der Waals surface area contributed by atoms with Crippen molar-refractivity contribution in [1.82, 2.24) is 0 Å². The highest BCUT2D eigenvalue weighted by Crippen LogP contribution is 2.25. The molecule has 0 atom stereocenters. The molecular formula is C19H19NO4. The molecule has 0 bridgehead atoms. The molecule has 1 N–H and O–H groups in total. The van der Waals surface area contributed by atoms with Crippen molar-refractivity contribution in [2.75, 3.05) is 26.6 Å². The lowest BCUT2D eigenvalue weighted by Crippen LogP contribution is -2.14. The van der Waals surface area contributed by atoms with Gasteiger partial charge in [-0.05, 0) is 42.5 Å². The predicted molar refractivity (Wildman–Crippen MR) is 95.2 cm³/mol. The van der Waals surface area contributed by atoms with E-state index in [1.165, 1.54) is 12.1 Å². The zero-order valence-electron chi connectivity index (χ0n) is 13.8. The van der Waals surface area contributed by atoms with Gasteiger partial charge < -0.3 is 14.8 Å². The summed E-state index contributed by atoms with van der Waals surface area (Å²) in [4.78, 5) is 24.7. The van der Waals surface area contributed by atoms with E-state index in [4.69, 9.17) is 9.47 Å². The Hall–Kier alpha value is -3.08. The van der Waals surface area contributed by atoms with Gasteiger partial charge in [-0.1, -0.05) is 12.1 Å². The van der Waals surface area contributed by atoms with Gasteiger partial charge in [0.15, 0.2) is 5.78 Å². The van der Waals surface area contributed by atoms with E-state index in [1.54, 1.807) is 63.7 Å². The SMILES string of the molecule is CNc1ccccc(C(=O)/C=C\c2cc(OC)ccc2OC)c1=O. The maximum absolute atomic E-state index is 12.4. The molecule has 0 aromatic heterocycles. The number of carbonyl (C=O) groups excluding carboxylic acids is 1. The molecule has 0 aliphatic heterocycles. The lowest BCUT2D eigenvalue weighted by Gasteiger charge is -2.07. The summed E-state index contributed by atoms with van der Waals surface area (Å²) in [7, 11) is 4.75. The Kier molecular flexibility index (Phi) is 5.73. The van der Waals surface area contributed by atoms with Crippen LogP contribution in [0.4, 0.5) is 5.69 Å². The first-order chi connectivity index (χ1) is 11.6. The van der Waals surface area contributed by atoms with Crippen LogP contribution in [0.25, 0.3) is 6.08 Å². The van der Waals surface area contributed by atoms with Crippen LogP contribution < -0.4 is 20.2 Å². The van der Waals surface area contributed by atoms with Gasteiger partial charge in [0.2, 0.25) is 5.43 Å². The number of hydrogen-bond donors (Lipinski definition) is 1. The Morgan fingerprint density at radius 3 is 2.50 bits per heavy atom. The molecule has 0 spiro atoms. The van der Waals surface area contributed by atoms with Crippen LogP contribution in [0.5, 0.6) is 11.5 Å². The highest BCUT2D eigenvalue weighted by atomic mass is 16.5. The molecule has 0 fully saturated rings. The Balaban J connectivity index is 2.39. The molecule has 24 heavy (non-hydrogen) atoms. The van der Waals surface area contributed by atoms with Crippen molar-refractivity contribution in [3.8, 4) is 11.5 Å². The number of carbonyl (C=O) groups is 1. The fourth-order valence-electron chi connectivity index (χ4n) is 2.22. The van der Waals surface area contributed by atoms with Crippen LogP contribution in [0.3, 0.4) is 0 Å². The van der Waals surface area contributed by atoms with Crippen LogP contribution in [0, 0.1) is 0 Å². The van der Waals surface area contributed by atoms with Gasteiger partial charge in [-0.25, -0.2) is 0 Å². The standard InChI is InChI=1S/C19H19NO4/c1-20-16-7-5-4-6-15(19(16)22)17(21)10-8-13-12-14(23-2)9-11-18(13)24-3/h4-12H,1-3H3,(H,20,22)/b10-8-. The van der Waals surface area contributed by atoms with Crippen LogP contribution >= 0.6 is 0 Å². The van der Waals surface area contributed by atoms with Gasteiger partial charge in [0, 0.05) is 12.6 Å². The van der Waals surface area contributed by atoms with Gasteiger partial charge in [-0.15, -0.1) is 0 Å². The molecular weight excluding hydrogens is 306 g/mol. The van der Waals surface area contributed by atoms with E-state index in [9.17, 15) is 9.59 Å². The third-order valence-electron chi connectivity index (χ3n) is 3.51. The Morgan fingerprint density at radius 2 is 1.83 bits per heavy atom. The number of nitrogens with one attached hydrogen (secondary N) is 1. The van der Waals surface area contributed by atoms with Gasteiger partial charge in [0.1, 0.15) is 11.5 Å². The molecule has 0 aliphatic rings. The highest BCUT2D eigenvalue weighted by Gasteiger charge is 2.09. The fourth-order valence-corrected chi connectivity index (χ4v) is 2.22. The zero-order valence-corrected chi connectivity index (χ0v) is 13.8. The van der Waals surface area contributed by atoms with Crippen LogP contribution in [0.15, 0.2) is 53.3 Å². The number of allylic oxidation sites excluding steroid dienone is 1. The second-order valence-corrected chi connectivity index (χ2v) is 4.93. The smallest absolute Gasteiger partial charge is 0.212 e. The zero-order chi connectivity index (χ0) is 17.5. The number of ketones is 1. The molecule has 0 saturated heterocycles. The Morgan fingerprint density at radius 1 is 1.08 bits per heavy atom. The van der Waals surface area contributed by atoms with E-state index >= 15 is 0 Å². The molecule has 0 radical (unpaired) electrons. The van der Waals surface area contributed by atoms with Gasteiger partial charge in [0.25, 0.3) is 0 Å². The van der Waals surface area contributed by atoms with E-state index in [1.807, 2.05) is 0 Å². The van der Waals surface area contributed by atoms with E-state index in [-0.39, 0.29) is 16.8 Å².